The molecule has 150 valence electrons. The third kappa shape index (κ3) is 3.66. The van der Waals surface area contributed by atoms with E-state index in [0.717, 1.165) is 5.39 Å². The summed E-state index contributed by atoms with van der Waals surface area (Å²) in [5, 5.41) is 25.0. The Labute approximate surface area is 171 Å². The number of nitro groups is 1. The molecule has 8 heteroatoms. The standard InChI is InChI=1S/C22H17N3O5/c1-29-20-11-10-15(25(27)28)12-17(20)24-22-21(16-7-3-5-9-19(16)30-22)23-13-14-6-2-4-8-18(14)26/h2-13,24,26H,1H3. The largest absolute Gasteiger partial charge is 0.507 e. The predicted molar refractivity (Wildman–Crippen MR) is 115 cm³/mol. The molecule has 4 aromatic rings. The third-order valence-corrected chi connectivity index (χ3v) is 4.48. The molecule has 1 heterocycles. The van der Waals surface area contributed by atoms with Crippen molar-refractivity contribution < 1.29 is 19.2 Å². The lowest BCUT2D eigenvalue weighted by Crippen LogP contribution is -1.96. The van der Waals surface area contributed by atoms with Gasteiger partial charge in [0.1, 0.15) is 22.8 Å². The van der Waals surface area contributed by atoms with Gasteiger partial charge in [-0.2, -0.15) is 0 Å². The fraction of sp³-hybridized carbons (Fsp3) is 0.0455. The average molecular weight is 403 g/mol. The van der Waals surface area contributed by atoms with Gasteiger partial charge in [0.25, 0.3) is 5.69 Å². The molecule has 0 saturated heterocycles. The molecule has 0 atom stereocenters. The van der Waals surface area contributed by atoms with Crippen molar-refractivity contribution in [3.63, 3.8) is 0 Å². The van der Waals surface area contributed by atoms with Crippen molar-refractivity contribution in [3.05, 3.63) is 82.4 Å². The first-order valence-corrected chi connectivity index (χ1v) is 9.00. The molecular weight excluding hydrogens is 386 g/mol. The molecule has 3 aromatic carbocycles. The van der Waals surface area contributed by atoms with Crippen molar-refractivity contribution in [2.45, 2.75) is 0 Å². The summed E-state index contributed by atoms with van der Waals surface area (Å²) in [4.78, 5) is 15.2. The van der Waals surface area contributed by atoms with Crippen LogP contribution in [0.2, 0.25) is 0 Å². The summed E-state index contributed by atoms with van der Waals surface area (Å²) in [7, 11) is 1.47. The van der Waals surface area contributed by atoms with E-state index in [9.17, 15) is 15.2 Å². The van der Waals surface area contributed by atoms with Crippen LogP contribution in [0.1, 0.15) is 5.56 Å². The van der Waals surface area contributed by atoms with Crippen molar-refractivity contribution >= 4 is 40.1 Å². The van der Waals surface area contributed by atoms with E-state index in [2.05, 4.69) is 10.3 Å². The lowest BCUT2D eigenvalue weighted by atomic mass is 10.2. The lowest BCUT2D eigenvalue weighted by Gasteiger charge is -2.09. The van der Waals surface area contributed by atoms with Gasteiger partial charge < -0.3 is 19.6 Å². The van der Waals surface area contributed by atoms with Crippen LogP contribution < -0.4 is 10.1 Å². The molecule has 4 rings (SSSR count). The molecule has 1 aromatic heterocycles. The second kappa shape index (κ2) is 7.96. The van der Waals surface area contributed by atoms with Crippen molar-refractivity contribution in [2.75, 3.05) is 12.4 Å². The zero-order chi connectivity index (χ0) is 21.1. The van der Waals surface area contributed by atoms with E-state index in [1.807, 2.05) is 18.2 Å². The van der Waals surface area contributed by atoms with Crippen molar-refractivity contribution in [1.29, 1.82) is 0 Å². The van der Waals surface area contributed by atoms with Gasteiger partial charge in [0.05, 0.1) is 17.7 Å². The topological polar surface area (TPSA) is 110 Å². The maximum atomic E-state index is 11.2. The van der Waals surface area contributed by atoms with Crippen LogP contribution in [0.15, 0.2) is 76.1 Å². The minimum atomic E-state index is -0.486. The Balaban J connectivity index is 1.80. The van der Waals surface area contributed by atoms with Crippen LogP contribution in [0, 0.1) is 10.1 Å². The monoisotopic (exact) mass is 403 g/mol. The molecule has 0 aliphatic heterocycles. The zero-order valence-corrected chi connectivity index (χ0v) is 15.9. The number of nitro benzene ring substituents is 1. The van der Waals surface area contributed by atoms with E-state index in [1.54, 1.807) is 30.3 Å². The number of furan rings is 1. The Morgan fingerprint density at radius 3 is 2.67 bits per heavy atom. The summed E-state index contributed by atoms with van der Waals surface area (Å²) in [6.07, 6.45) is 1.53. The summed E-state index contributed by atoms with van der Waals surface area (Å²) in [5.41, 5.74) is 1.90. The number of ether oxygens (including phenoxy) is 1. The van der Waals surface area contributed by atoms with Crippen LogP contribution in [0.5, 0.6) is 11.5 Å². The Morgan fingerprint density at radius 2 is 1.90 bits per heavy atom. The molecule has 0 aliphatic rings. The summed E-state index contributed by atoms with van der Waals surface area (Å²) < 4.78 is 11.2. The molecule has 0 unspecified atom stereocenters. The number of phenolic OH excluding ortho intramolecular Hbond substituents is 1. The van der Waals surface area contributed by atoms with Gasteiger partial charge in [0.2, 0.25) is 5.88 Å². The van der Waals surface area contributed by atoms with E-state index in [4.69, 9.17) is 9.15 Å². The molecule has 8 nitrogen and oxygen atoms in total. The van der Waals surface area contributed by atoms with E-state index in [0.29, 0.717) is 34.2 Å². The number of non-ortho nitro benzene ring substituents is 1. The second-order valence-electron chi connectivity index (χ2n) is 6.36. The number of para-hydroxylation sites is 2. The van der Waals surface area contributed by atoms with Crippen LogP contribution >= 0.6 is 0 Å². The Hall–Kier alpha value is -4.33. The number of anilines is 2. The highest BCUT2D eigenvalue weighted by molar-refractivity contribution is 5.99. The van der Waals surface area contributed by atoms with Crippen molar-refractivity contribution in [2.24, 2.45) is 4.99 Å². The third-order valence-electron chi connectivity index (χ3n) is 4.48. The fourth-order valence-electron chi connectivity index (χ4n) is 3.01. The minimum absolute atomic E-state index is 0.0892. The minimum Gasteiger partial charge on any atom is -0.507 e. The van der Waals surface area contributed by atoms with Crippen LogP contribution in [0.3, 0.4) is 0 Å². The van der Waals surface area contributed by atoms with Crippen LogP contribution in [-0.2, 0) is 0 Å². The molecule has 0 aliphatic carbocycles. The first kappa shape index (κ1) is 19.0. The van der Waals surface area contributed by atoms with Gasteiger partial charge in [-0.05, 0) is 30.3 Å². The maximum Gasteiger partial charge on any atom is 0.271 e. The number of fused-ring (bicyclic) bond motifs is 1. The van der Waals surface area contributed by atoms with Crippen LogP contribution in [0.25, 0.3) is 11.0 Å². The number of benzene rings is 3. The number of aliphatic imine (C=N–C) groups is 1. The molecule has 2 N–H and O–H groups in total. The molecule has 0 fully saturated rings. The molecule has 0 bridgehead atoms. The molecule has 0 radical (unpaired) electrons. The highest BCUT2D eigenvalue weighted by Gasteiger charge is 2.17. The molecule has 0 amide bonds. The molecule has 30 heavy (non-hydrogen) atoms. The van der Waals surface area contributed by atoms with Gasteiger partial charge in [-0.25, -0.2) is 4.99 Å². The Kier molecular flexibility index (Phi) is 5.04. The highest BCUT2D eigenvalue weighted by atomic mass is 16.6. The quantitative estimate of drug-likeness (QED) is 0.248. The number of nitrogens with zero attached hydrogens (tertiary/aromatic N) is 2. The average Bonchev–Trinajstić information content (AvgIpc) is 3.10. The van der Waals surface area contributed by atoms with Crippen molar-refractivity contribution in [1.82, 2.24) is 0 Å². The van der Waals surface area contributed by atoms with Gasteiger partial charge >= 0.3 is 0 Å². The zero-order valence-electron chi connectivity index (χ0n) is 15.9. The summed E-state index contributed by atoms with van der Waals surface area (Å²) in [6, 6.07) is 18.4. The molecule has 0 spiro atoms. The van der Waals surface area contributed by atoms with E-state index >= 15 is 0 Å². The van der Waals surface area contributed by atoms with Crippen molar-refractivity contribution in [3.8, 4) is 11.5 Å². The van der Waals surface area contributed by atoms with Gasteiger partial charge in [-0.1, -0.05) is 24.3 Å². The predicted octanol–water partition coefficient (Wildman–Crippen LogP) is 5.55. The van der Waals surface area contributed by atoms with E-state index in [1.165, 1.54) is 31.5 Å². The maximum absolute atomic E-state index is 11.2. The number of aromatic hydroxyl groups is 1. The van der Waals surface area contributed by atoms with Crippen LogP contribution in [0.4, 0.5) is 22.9 Å². The normalized spacial score (nSPS) is 11.1. The smallest absolute Gasteiger partial charge is 0.271 e. The van der Waals surface area contributed by atoms with Gasteiger partial charge in [0.15, 0.2) is 0 Å². The number of nitrogens with one attached hydrogen (secondary N) is 1. The van der Waals surface area contributed by atoms with E-state index < -0.39 is 4.92 Å². The number of phenols is 1. The fourth-order valence-corrected chi connectivity index (χ4v) is 3.01. The van der Waals surface area contributed by atoms with Gasteiger partial charge in [-0.3, -0.25) is 10.1 Å². The summed E-state index contributed by atoms with van der Waals surface area (Å²) in [6.45, 7) is 0. The van der Waals surface area contributed by atoms with Crippen LogP contribution in [-0.4, -0.2) is 23.4 Å². The lowest BCUT2D eigenvalue weighted by molar-refractivity contribution is -0.384. The Morgan fingerprint density at radius 1 is 1.13 bits per heavy atom. The molecule has 0 saturated carbocycles. The van der Waals surface area contributed by atoms with E-state index in [-0.39, 0.29) is 11.4 Å². The summed E-state index contributed by atoms with van der Waals surface area (Å²) >= 11 is 0. The van der Waals surface area contributed by atoms with Gasteiger partial charge in [-0.15, -0.1) is 0 Å². The first-order chi connectivity index (χ1) is 14.6. The Bertz CT molecular complexity index is 1260. The number of rotatable bonds is 6. The highest BCUT2D eigenvalue weighted by Crippen LogP contribution is 2.41. The number of hydrogen-bond acceptors (Lipinski definition) is 7. The first-order valence-electron chi connectivity index (χ1n) is 9.00. The van der Waals surface area contributed by atoms with Gasteiger partial charge in [0, 0.05) is 29.3 Å². The second-order valence-corrected chi connectivity index (χ2v) is 6.36. The molecular formula is C22H17N3O5. The number of hydrogen-bond donors (Lipinski definition) is 2. The SMILES string of the molecule is COc1ccc([N+](=O)[O-])cc1Nc1oc2ccccc2c1N=Cc1ccccc1O. The summed E-state index contributed by atoms with van der Waals surface area (Å²) in [5.74, 6) is 0.808. The number of methoxy groups -OCH3 is 1.